The molecule has 5 nitrogen and oxygen atoms in total. The molecule has 0 aromatic carbocycles. The van der Waals surface area contributed by atoms with Gasteiger partial charge in [0, 0.05) is 5.92 Å². The van der Waals surface area contributed by atoms with E-state index in [2.05, 4.69) is 9.36 Å². The third-order valence-corrected chi connectivity index (χ3v) is 2.01. The number of amides is 1. The van der Waals surface area contributed by atoms with Gasteiger partial charge in [0.1, 0.15) is 5.82 Å². The summed E-state index contributed by atoms with van der Waals surface area (Å²) in [6.07, 6.45) is 0. The molecular weight excluding hydrogens is 176 g/mol. The quantitative estimate of drug-likeness (QED) is 0.394. The molecule has 0 aliphatic carbocycles. The van der Waals surface area contributed by atoms with Crippen molar-refractivity contribution in [2.24, 2.45) is 5.84 Å². The number of nitrogen functional groups attached to an aromatic ring is 1. The SMILES string of the molecule is CC(C)c1nsc(C(=O)NN)n1. The molecule has 1 aromatic heterocycles. The zero-order valence-corrected chi connectivity index (χ0v) is 7.68. The lowest BCUT2D eigenvalue weighted by Gasteiger charge is -1.94. The van der Waals surface area contributed by atoms with Gasteiger partial charge in [0.15, 0.2) is 0 Å². The normalized spacial score (nSPS) is 10.3. The molecule has 3 N–H and O–H groups in total. The molecule has 0 spiro atoms. The maximum atomic E-state index is 10.9. The van der Waals surface area contributed by atoms with Gasteiger partial charge in [-0.3, -0.25) is 10.2 Å². The number of rotatable bonds is 2. The van der Waals surface area contributed by atoms with E-state index in [4.69, 9.17) is 5.84 Å². The minimum Gasteiger partial charge on any atom is -0.288 e. The van der Waals surface area contributed by atoms with E-state index in [0.29, 0.717) is 10.8 Å². The zero-order valence-electron chi connectivity index (χ0n) is 6.87. The van der Waals surface area contributed by atoms with Gasteiger partial charge in [0.2, 0.25) is 5.01 Å². The number of nitrogens with one attached hydrogen (secondary N) is 1. The van der Waals surface area contributed by atoms with E-state index in [1.807, 2.05) is 19.3 Å². The van der Waals surface area contributed by atoms with Gasteiger partial charge >= 0.3 is 0 Å². The molecule has 0 saturated carbocycles. The van der Waals surface area contributed by atoms with Crippen LogP contribution in [0.5, 0.6) is 0 Å². The van der Waals surface area contributed by atoms with Crippen LogP contribution in [0.15, 0.2) is 0 Å². The van der Waals surface area contributed by atoms with Crippen molar-refractivity contribution in [1.82, 2.24) is 14.8 Å². The molecule has 1 amide bonds. The van der Waals surface area contributed by atoms with Gasteiger partial charge in [-0.25, -0.2) is 10.8 Å². The molecule has 1 heterocycles. The van der Waals surface area contributed by atoms with Gasteiger partial charge in [-0.1, -0.05) is 13.8 Å². The summed E-state index contributed by atoms with van der Waals surface area (Å²) in [5.74, 6) is 5.46. The highest BCUT2D eigenvalue weighted by molar-refractivity contribution is 7.07. The van der Waals surface area contributed by atoms with Crippen molar-refractivity contribution in [3.05, 3.63) is 10.8 Å². The van der Waals surface area contributed by atoms with Crippen molar-refractivity contribution in [2.75, 3.05) is 0 Å². The second-order valence-corrected chi connectivity index (χ2v) is 3.34. The van der Waals surface area contributed by atoms with Crippen molar-refractivity contribution in [2.45, 2.75) is 19.8 Å². The highest BCUT2D eigenvalue weighted by atomic mass is 32.1. The van der Waals surface area contributed by atoms with Crippen molar-refractivity contribution in [3.63, 3.8) is 0 Å². The molecule has 0 atom stereocenters. The zero-order chi connectivity index (χ0) is 9.14. The maximum absolute atomic E-state index is 10.9. The standard InChI is InChI=1S/C6H10N4OS/c1-3(2)4-8-6(12-10-4)5(11)9-7/h3H,7H2,1-2H3,(H,9,11). The molecule has 0 aliphatic rings. The lowest BCUT2D eigenvalue weighted by Crippen LogP contribution is -2.29. The summed E-state index contributed by atoms with van der Waals surface area (Å²) in [6.45, 7) is 3.93. The highest BCUT2D eigenvalue weighted by Gasteiger charge is 2.12. The third-order valence-electron chi connectivity index (χ3n) is 1.28. The van der Waals surface area contributed by atoms with Gasteiger partial charge in [-0.05, 0) is 11.5 Å². The summed E-state index contributed by atoms with van der Waals surface area (Å²) in [5, 5.41) is 0.307. The van der Waals surface area contributed by atoms with Gasteiger partial charge in [0.05, 0.1) is 0 Å². The Morgan fingerprint density at radius 3 is 2.75 bits per heavy atom. The number of carbonyl (C=O) groups excluding carboxylic acids is 1. The van der Waals surface area contributed by atoms with Gasteiger partial charge in [-0.2, -0.15) is 4.37 Å². The fourth-order valence-corrected chi connectivity index (χ4v) is 1.33. The topological polar surface area (TPSA) is 80.9 Å². The summed E-state index contributed by atoms with van der Waals surface area (Å²) >= 11 is 1.06. The Morgan fingerprint density at radius 1 is 1.67 bits per heavy atom. The molecule has 0 fully saturated rings. The first-order valence-corrected chi connectivity index (χ1v) is 4.27. The predicted octanol–water partition coefficient (Wildman–Crippen LogP) is 0.265. The highest BCUT2D eigenvalue weighted by Crippen LogP contribution is 2.12. The van der Waals surface area contributed by atoms with E-state index in [9.17, 15) is 4.79 Å². The summed E-state index contributed by atoms with van der Waals surface area (Å²) in [6, 6.07) is 0. The molecule has 1 rings (SSSR count). The first-order valence-electron chi connectivity index (χ1n) is 3.49. The Balaban J connectivity index is 2.84. The molecule has 0 radical (unpaired) electrons. The van der Waals surface area contributed by atoms with E-state index < -0.39 is 0 Å². The Bertz CT molecular complexity index is 283. The largest absolute Gasteiger partial charge is 0.295 e. The van der Waals surface area contributed by atoms with Crippen molar-refractivity contribution in [3.8, 4) is 0 Å². The van der Waals surface area contributed by atoms with Crippen molar-refractivity contribution in [1.29, 1.82) is 0 Å². The number of carbonyl (C=O) groups is 1. The predicted molar refractivity (Wildman–Crippen MR) is 45.7 cm³/mol. The fraction of sp³-hybridized carbons (Fsp3) is 0.500. The molecule has 12 heavy (non-hydrogen) atoms. The Labute approximate surface area is 74.1 Å². The van der Waals surface area contributed by atoms with Crippen LogP contribution >= 0.6 is 11.5 Å². The van der Waals surface area contributed by atoms with E-state index in [1.54, 1.807) is 0 Å². The smallest absolute Gasteiger partial charge is 0.288 e. The van der Waals surface area contributed by atoms with E-state index >= 15 is 0 Å². The number of hydrazine groups is 1. The van der Waals surface area contributed by atoms with E-state index in [0.717, 1.165) is 11.5 Å². The number of hydrogen-bond acceptors (Lipinski definition) is 5. The molecule has 0 saturated heterocycles. The van der Waals surface area contributed by atoms with E-state index in [-0.39, 0.29) is 11.8 Å². The molecule has 66 valence electrons. The van der Waals surface area contributed by atoms with Crippen LogP contribution in [0.4, 0.5) is 0 Å². The second-order valence-electron chi connectivity index (χ2n) is 2.59. The van der Waals surface area contributed by atoms with E-state index in [1.165, 1.54) is 0 Å². The first-order chi connectivity index (χ1) is 5.65. The number of nitrogens with zero attached hydrogens (tertiary/aromatic N) is 2. The van der Waals surface area contributed by atoms with Gasteiger partial charge in [0.25, 0.3) is 5.91 Å². The van der Waals surface area contributed by atoms with Crippen LogP contribution in [-0.4, -0.2) is 15.3 Å². The molecule has 1 aromatic rings. The monoisotopic (exact) mass is 186 g/mol. The number of hydrogen-bond donors (Lipinski definition) is 2. The fourth-order valence-electron chi connectivity index (χ4n) is 0.623. The molecule has 0 aliphatic heterocycles. The third kappa shape index (κ3) is 1.77. The summed E-state index contributed by atoms with van der Waals surface area (Å²) in [5.41, 5.74) is 2.00. The lowest BCUT2D eigenvalue weighted by molar-refractivity contribution is 0.0953. The molecular formula is C6H10N4OS. The van der Waals surface area contributed by atoms with Crippen LogP contribution in [-0.2, 0) is 0 Å². The lowest BCUT2D eigenvalue weighted by atomic mass is 10.2. The first kappa shape index (κ1) is 9.08. The van der Waals surface area contributed by atoms with Crippen LogP contribution in [0.1, 0.15) is 35.4 Å². The van der Waals surface area contributed by atoms with Gasteiger partial charge in [-0.15, -0.1) is 0 Å². The van der Waals surface area contributed by atoms with Crippen LogP contribution < -0.4 is 11.3 Å². The Kier molecular flexibility index (Phi) is 2.72. The average molecular weight is 186 g/mol. The average Bonchev–Trinajstić information content (AvgIpc) is 2.51. The maximum Gasteiger partial charge on any atom is 0.295 e. The van der Waals surface area contributed by atoms with Crippen LogP contribution in [0.3, 0.4) is 0 Å². The number of aromatic nitrogens is 2. The van der Waals surface area contributed by atoms with Crippen LogP contribution in [0.25, 0.3) is 0 Å². The summed E-state index contributed by atoms with van der Waals surface area (Å²) in [7, 11) is 0. The van der Waals surface area contributed by atoms with Crippen molar-refractivity contribution < 1.29 is 4.79 Å². The number of nitrogens with two attached hydrogens (primary N) is 1. The second kappa shape index (κ2) is 3.59. The van der Waals surface area contributed by atoms with Crippen molar-refractivity contribution >= 4 is 17.4 Å². The minimum atomic E-state index is -0.389. The van der Waals surface area contributed by atoms with Crippen LogP contribution in [0.2, 0.25) is 0 Å². The molecule has 0 unspecified atom stereocenters. The molecule has 0 bridgehead atoms. The molecule has 6 heteroatoms. The Hall–Kier alpha value is -1.01. The summed E-state index contributed by atoms with van der Waals surface area (Å²) < 4.78 is 4.00. The minimum absolute atomic E-state index is 0.237. The van der Waals surface area contributed by atoms with Crippen LogP contribution in [0, 0.1) is 0 Å². The summed E-state index contributed by atoms with van der Waals surface area (Å²) in [4.78, 5) is 14.9. The Morgan fingerprint density at radius 2 is 2.33 bits per heavy atom. The van der Waals surface area contributed by atoms with Gasteiger partial charge < -0.3 is 0 Å².